The van der Waals surface area contributed by atoms with Gasteiger partial charge in [-0.15, -0.1) is 0 Å². The SMILES string of the molecule is CN(Cc1c(Br)cccc1[N+](=O)[O-])C1CC1. The molecular weight excluding hydrogens is 272 g/mol. The van der Waals surface area contributed by atoms with Crippen molar-refractivity contribution in [3.63, 3.8) is 0 Å². The molecule has 86 valence electrons. The van der Waals surface area contributed by atoms with Crippen molar-refractivity contribution in [2.75, 3.05) is 7.05 Å². The lowest BCUT2D eigenvalue weighted by Crippen LogP contribution is -2.20. The van der Waals surface area contributed by atoms with Crippen molar-refractivity contribution >= 4 is 21.6 Å². The molecule has 5 heteroatoms. The molecular formula is C11H13BrN2O2. The molecule has 0 aromatic heterocycles. The van der Waals surface area contributed by atoms with Gasteiger partial charge in [0.25, 0.3) is 5.69 Å². The summed E-state index contributed by atoms with van der Waals surface area (Å²) in [6.07, 6.45) is 2.41. The van der Waals surface area contributed by atoms with Crippen LogP contribution < -0.4 is 0 Å². The molecule has 1 aliphatic rings. The molecule has 0 spiro atoms. The smallest absolute Gasteiger partial charge is 0.275 e. The molecule has 0 saturated heterocycles. The van der Waals surface area contributed by atoms with Gasteiger partial charge in [0.05, 0.1) is 10.5 Å². The molecule has 0 heterocycles. The maximum absolute atomic E-state index is 10.9. The van der Waals surface area contributed by atoms with Crippen molar-refractivity contribution in [3.05, 3.63) is 38.3 Å². The summed E-state index contributed by atoms with van der Waals surface area (Å²) in [6.45, 7) is 0.627. The molecule has 1 saturated carbocycles. The third-order valence-electron chi connectivity index (χ3n) is 2.87. The molecule has 0 radical (unpaired) electrons. The van der Waals surface area contributed by atoms with Crippen LogP contribution in [0.1, 0.15) is 18.4 Å². The Hall–Kier alpha value is -0.940. The molecule has 0 atom stereocenters. The Balaban J connectivity index is 2.26. The maximum Gasteiger partial charge on any atom is 0.275 e. The second-order valence-electron chi connectivity index (χ2n) is 4.14. The molecule has 4 nitrogen and oxygen atoms in total. The van der Waals surface area contributed by atoms with Crippen molar-refractivity contribution in [1.82, 2.24) is 4.90 Å². The zero-order valence-corrected chi connectivity index (χ0v) is 10.6. The predicted octanol–water partition coefficient (Wildman–Crippen LogP) is 2.95. The molecule has 16 heavy (non-hydrogen) atoms. The average Bonchev–Trinajstić information content (AvgIpc) is 3.03. The van der Waals surface area contributed by atoms with E-state index in [0.29, 0.717) is 12.6 Å². The zero-order valence-electron chi connectivity index (χ0n) is 9.02. The molecule has 0 aliphatic heterocycles. The minimum atomic E-state index is -0.319. The second kappa shape index (κ2) is 4.51. The summed E-state index contributed by atoms with van der Waals surface area (Å²) < 4.78 is 0.814. The van der Waals surface area contributed by atoms with Crippen LogP contribution in [-0.2, 0) is 6.54 Å². The van der Waals surface area contributed by atoms with E-state index < -0.39 is 0 Å². The van der Waals surface area contributed by atoms with Crippen LogP contribution in [0, 0.1) is 10.1 Å². The van der Waals surface area contributed by atoms with Crippen LogP contribution >= 0.6 is 15.9 Å². The van der Waals surface area contributed by atoms with Crippen LogP contribution in [-0.4, -0.2) is 22.9 Å². The lowest BCUT2D eigenvalue weighted by molar-refractivity contribution is -0.385. The Morgan fingerprint density at radius 2 is 2.25 bits per heavy atom. The highest BCUT2D eigenvalue weighted by Crippen LogP contribution is 2.32. The highest BCUT2D eigenvalue weighted by molar-refractivity contribution is 9.10. The van der Waals surface area contributed by atoms with Gasteiger partial charge in [-0.3, -0.25) is 15.0 Å². The first-order valence-electron chi connectivity index (χ1n) is 5.21. The summed E-state index contributed by atoms with van der Waals surface area (Å²) in [4.78, 5) is 12.8. The summed E-state index contributed by atoms with van der Waals surface area (Å²) in [7, 11) is 2.01. The van der Waals surface area contributed by atoms with Gasteiger partial charge in [-0.1, -0.05) is 22.0 Å². The first-order chi connectivity index (χ1) is 7.59. The number of rotatable bonds is 4. The van der Waals surface area contributed by atoms with Gasteiger partial charge in [0.2, 0.25) is 0 Å². The number of nitro benzene ring substituents is 1. The Morgan fingerprint density at radius 1 is 1.56 bits per heavy atom. The van der Waals surface area contributed by atoms with E-state index in [0.717, 1.165) is 10.0 Å². The van der Waals surface area contributed by atoms with Gasteiger partial charge in [0.15, 0.2) is 0 Å². The van der Waals surface area contributed by atoms with E-state index in [1.54, 1.807) is 12.1 Å². The summed E-state index contributed by atoms with van der Waals surface area (Å²) in [5, 5.41) is 10.9. The zero-order chi connectivity index (χ0) is 11.7. The fraction of sp³-hybridized carbons (Fsp3) is 0.455. The van der Waals surface area contributed by atoms with Gasteiger partial charge in [0.1, 0.15) is 0 Å². The maximum atomic E-state index is 10.9. The van der Waals surface area contributed by atoms with Crippen molar-refractivity contribution in [2.24, 2.45) is 0 Å². The predicted molar refractivity (Wildman–Crippen MR) is 65.3 cm³/mol. The molecule has 1 fully saturated rings. The highest BCUT2D eigenvalue weighted by Gasteiger charge is 2.28. The summed E-state index contributed by atoms with van der Waals surface area (Å²) in [5.41, 5.74) is 0.962. The van der Waals surface area contributed by atoms with E-state index in [-0.39, 0.29) is 10.6 Å². The van der Waals surface area contributed by atoms with Crippen LogP contribution in [0.3, 0.4) is 0 Å². The van der Waals surface area contributed by atoms with Crippen molar-refractivity contribution < 1.29 is 4.92 Å². The topological polar surface area (TPSA) is 46.4 Å². The lowest BCUT2D eigenvalue weighted by atomic mass is 10.1. The molecule has 0 N–H and O–H groups in total. The normalized spacial score (nSPS) is 15.4. The van der Waals surface area contributed by atoms with Gasteiger partial charge in [-0.2, -0.15) is 0 Å². The first-order valence-corrected chi connectivity index (χ1v) is 6.01. The van der Waals surface area contributed by atoms with Crippen LogP contribution in [0.4, 0.5) is 5.69 Å². The van der Waals surface area contributed by atoms with Gasteiger partial charge in [-0.25, -0.2) is 0 Å². The number of benzene rings is 1. The van der Waals surface area contributed by atoms with E-state index in [4.69, 9.17) is 0 Å². The molecule has 1 aliphatic carbocycles. The Bertz CT molecular complexity index is 418. The number of hydrogen-bond acceptors (Lipinski definition) is 3. The van der Waals surface area contributed by atoms with Crippen molar-refractivity contribution in [3.8, 4) is 0 Å². The van der Waals surface area contributed by atoms with E-state index in [1.807, 2.05) is 13.1 Å². The van der Waals surface area contributed by atoms with E-state index in [9.17, 15) is 10.1 Å². The van der Waals surface area contributed by atoms with Crippen molar-refractivity contribution in [2.45, 2.75) is 25.4 Å². The third kappa shape index (κ3) is 2.41. The molecule has 0 unspecified atom stereocenters. The number of halogens is 1. The summed E-state index contributed by atoms with van der Waals surface area (Å²) in [6, 6.07) is 5.71. The van der Waals surface area contributed by atoms with Gasteiger partial charge >= 0.3 is 0 Å². The standard InChI is InChI=1S/C11H13BrN2O2/c1-13(8-5-6-8)7-9-10(12)3-2-4-11(9)14(15)16/h2-4,8H,5-7H2,1H3. The monoisotopic (exact) mass is 284 g/mol. The number of nitrogens with zero attached hydrogens (tertiary/aromatic N) is 2. The third-order valence-corrected chi connectivity index (χ3v) is 3.61. The van der Waals surface area contributed by atoms with Gasteiger partial charge in [0, 0.05) is 23.1 Å². The largest absolute Gasteiger partial charge is 0.299 e. The Morgan fingerprint density at radius 3 is 2.81 bits per heavy atom. The van der Waals surface area contributed by atoms with Crippen molar-refractivity contribution in [1.29, 1.82) is 0 Å². The Labute approximate surface area is 103 Å². The van der Waals surface area contributed by atoms with E-state index in [1.165, 1.54) is 12.8 Å². The minimum absolute atomic E-state index is 0.196. The number of hydrogen-bond donors (Lipinski definition) is 0. The van der Waals surface area contributed by atoms with E-state index in [2.05, 4.69) is 20.8 Å². The quantitative estimate of drug-likeness (QED) is 0.631. The molecule has 1 aromatic carbocycles. The lowest BCUT2D eigenvalue weighted by Gasteiger charge is -2.16. The van der Waals surface area contributed by atoms with Crippen LogP contribution in [0.25, 0.3) is 0 Å². The van der Waals surface area contributed by atoms with Crippen LogP contribution in [0.15, 0.2) is 22.7 Å². The minimum Gasteiger partial charge on any atom is -0.299 e. The van der Waals surface area contributed by atoms with Gasteiger partial charge < -0.3 is 0 Å². The summed E-state index contributed by atoms with van der Waals surface area (Å²) in [5.74, 6) is 0. The first kappa shape index (κ1) is 11.5. The van der Waals surface area contributed by atoms with Crippen LogP contribution in [0.2, 0.25) is 0 Å². The van der Waals surface area contributed by atoms with Crippen LogP contribution in [0.5, 0.6) is 0 Å². The molecule has 0 amide bonds. The summed E-state index contributed by atoms with van der Waals surface area (Å²) >= 11 is 3.38. The average molecular weight is 285 g/mol. The fourth-order valence-corrected chi connectivity index (χ4v) is 2.25. The molecule has 1 aromatic rings. The molecule has 2 rings (SSSR count). The fourth-order valence-electron chi connectivity index (χ4n) is 1.77. The number of nitro groups is 1. The van der Waals surface area contributed by atoms with Gasteiger partial charge in [-0.05, 0) is 26.0 Å². The van der Waals surface area contributed by atoms with E-state index >= 15 is 0 Å². The molecule has 0 bridgehead atoms. The highest BCUT2D eigenvalue weighted by atomic mass is 79.9. The second-order valence-corrected chi connectivity index (χ2v) is 5.00. The Kier molecular flexibility index (Phi) is 3.25.